The highest BCUT2D eigenvalue weighted by molar-refractivity contribution is 6.02. The summed E-state index contributed by atoms with van der Waals surface area (Å²) >= 11 is 0. The lowest BCUT2D eigenvalue weighted by molar-refractivity contribution is 0.949. The van der Waals surface area contributed by atoms with Crippen LogP contribution in [0.4, 0.5) is 86.1 Å². The van der Waals surface area contributed by atoms with Gasteiger partial charge >= 0.3 is 0 Å². The van der Waals surface area contributed by atoms with Crippen LogP contribution in [0.2, 0.25) is 0 Å². The number of aromatic nitrogens is 10. The Morgan fingerprint density at radius 2 is 0.407 bits per heavy atom. The summed E-state index contributed by atoms with van der Waals surface area (Å²) in [6.07, 6.45) is 39.6. The molecule has 0 saturated heterocycles. The van der Waals surface area contributed by atoms with E-state index in [0.29, 0.717) is 0 Å². The second kappa shape index (κ2) is 30.1. The molecule has 20 aromatic rings. The Kier molecular flexibility index (Phi) is 16.8. The molecule has 660 valence electrons. The van der Waals surface area contributed by atoms with Gasteiger partial charge in [0.15, 0.2) is 0 Å². The number of rotatable bonds is 0. The highest BCUT2D eigenvalue weighted by Crippen LogP contribution is 2.62. The summed E-state index contributed by atoms with van der Waals surface area (Å²) in [5, 5.41) is 0. The SMILES string of the molecule is c1ccc2c(c1)Cc1cc3c4c(c1-2)Cc1cccnc1N4c1cnccc1C3.c1ccc2c(c1)Cc1cc3c4c(c1-2)Cc1cccnc1N4c1ncccc1C3.c1ccc2c(c1)Cc1cc3c4c(c1-2)Cc1ccncc1N4c1ncccc1C3.c1ccc2c(c1)Cc1cc3c4c(c1-2)Cc1cnccc1N4c1ncccc1C3.c1ccc2c(c1)Cc1cc3c4c(c1-2)Cc1ncccc1N4c1ncccc1C3. The summed E-state index contributed by atoms with van der Waals surface area (Å²) in [6.45, 7) is 0. The minimum absolute atomic E-state index is 0.884. The van der Waals surface area contributed by atoms with Crippen molar-refractivity contribution in [2.45, 2.75) is 96.3 Å². The van der Waals surface area contributed by atoms with Gasteiger partial charge in [-0.3, -0.25) is 44.4 Å². The number of anilines is 15. The zero-order valence-electron chi connectivity index (χ0n) is 76.6. The molecule has 10 aliphatic heterocycles. The van der Waals surface area contributed by atoms with Gasteiger partial charge < -0.3 is 0 Å². The molecule has 15 heteroatoms. The van der Waals surface area contributed by atoms with E-state index in [9.17, 15) is 0 Å². The molecule has 10 aromatic heterocycles. The number of hydrogen-bond acceptors (Lipinski definition) is 15. The van der Waals surface area contributed by atoms with Crippen LogP contribution in [0, 0.1) is 0 Å². The average Bonchev–Trinajstić information content (AvgIpc) is 1.65. The summed E-state index contributed by atoms with van der Waals surface area (Å²) in [5.74, 6) is 6.28. The fourth-order valence-electron chi connectivity index (χ4n) is 26.5. The molecule has 35 rings (SSSR count). The summed E-state index contributed by atoms with van der Waals surface area (Å²) in [7, 11) is 0. The minimum atomic E-state index is 0.884. The van der Waals surface area contributed by atoms with E-state index in [1.54, 1.807) is 0 Å². The zero-order valence-corrected chi connectivity index (χ0v) is 76.6. The van der Waals surface area contributed by atoms with Crippen molar-refractivity contribution in [3.05, 3.63) is 502 Å². The molecule has 20 heterocycles. The number of nitrogens with zero attached hydrogens (tertiary/aromatic N) is 15. The van der Waals surface area contributed by atoms with Crippen molar-refractivity contribution in [2.24, 2.45) is 0 Å². The maximum Gasteiger partial charge on any atom is 0.142 e. The first-order chi connectivity index (χ1) is 69.4. The van der Waals surface area contributed by atoms with Crippen molar-refractivity contribution in [3.63, 3.8) is 0 Å². The zero-order chi connectivity index (χ0) is 91.2. The molecule has 5 aliphatic carbocycles. The maximum atomic E-state index is 4.79. The maximum absolute atomic E-state index is 4.79. The molecule has 15 nitrogen and oxygen atoms in total. The summed E-state index contributed by atoms with van der Waals surface area (Å²) in [6, 6.07) is 92.7. The van der Waals surface area contributed by atoms with Gasteiger partial charge in [-0.25, -0.2) is 29.9 Å². The third kappa shape index (κ3) is 11.5. The van der Waals surface area contributed by atoms with Crippen LogP contribution in [0.15, 0.2) is 335 Å². The van der Waals surface area contributed by atoms with Crippen LogP contribution in [-0.2, 0) is 96.3 Å². The molecule has 0 unspecified atom stereocenters. The molecule has 0 fully saturated rings. The number of benzene rings is 10. The van der Waals surface area contributed by atoms with Crippen molar-refractivity contribution in [3.8, 4) is 55.6 Å². The van der Waals surface area contributed by atoms with Gasteiger partial charge in [0.05, 0.1) is 69.3 Å². The fraction of sp³-hybridized carbons (Fsp3) is 0.120. The average molecular weight is 1800 g/mol. The van der Waals surface area contributed by atoms with Crippen molar-refractivity contribution in [1.29, 1.82) is 0 Å². The standard InChI is InChI=1S/5C25H17N3/c1-2-8-20-15(5-1)11-18-13-19-12-16-6-3-9-26-24(16)28-23(19)21(22(18)20)14-17-7-4-10-27-25(17)28;1-2-7-19-15(5-1)11-17-13-18-12-16-6-3-10-27-25(16)28-22-8-4-9-26-21(22)14-20(23(17)19)24(18)28;1-2-6-20-15(4-1)10-18-12-19-11-17-5-3-8-27-25(17)28-22-14-26-9-7-16(22)13-21(23(18)20)24(19)28;1-2-6-20-15(4-1)10-18-12-19-11-16-7-9-26-14-22(16)28-24(19)21(23(18)20)13-17-5-3-8-27-25(17)28;1-2-6-20-15(4-1)10-17-12-18-11-16-5-3-8-27-25(16)28-22-7-9-26-14-19(22)13-21(23(17)20)24(18)28/h2*1-10,13H,11-12,14H2;3*1-9,12,14H,10-11,13H2. The van der Waals surface area contributed by atoms with E-state index < -0.39 is 0 Å². The van der Waals surface area contributed by atoms with E-state index in [4.69, 9.17) is 34.9 Å². The van der Waals surface area contributed by atoms with Gasteiger partial charge in [0, 0.05) is 132 Å². The molecular weight excluding hydrogens is 1710 g/mol. The quantitative estimate of drug-likeness (QED) is 0.142. The Balaban J connectivity index is 0.0000000806. The first-order valence-corrected chi connectivity index (χ1v) is 49.1. The third-order valence-corrected chi connectivity index (χ3v) is 31.9. The lowest BCUT2D eigenvalue weighted by atomic mass is 9.83. The Labute approximate surface area is 809 Å². The number of pyridine rings is 10. The van der Waals surface area contributed by atoms with Crippen LogP contribution >= 0.6 is 0 Å². The van der Waals surface area contributed by atoms with Gasteiger partial charge in [-0.15, -0.1) is 0 Å². The molecule has 0 bridgehead atoms. The van der Waals surface area contributed by atoms with E-state index in [1.807, 2.05) is 117 Å². The molecular formula is C125H85N15. The Bertz CT molecular complexity index is 7660. The van der Waals surface area contributed by atoms with Crippen molar-refractivity contribution in [1.82, 2.24) is 49.8 Å². The van der Waals surface area contributed by atoms with Gasteiger partial charge in [0.1, 0.15) is 34.9 Å². The smallest absolute Gasteiger partial charge is 0.142 e. The normalized spacial score (nSPS) is 14.6. The molecule has 140 heavy (non-hydrogen) atoms. The van der Waals surface area contributed by atoms with Gasteiger partial charge in [-0.1, -0.05) is 188 Å². The first-order valence-electron chi connectivity index (χ1n) is 49.1. The van der Waals surface area contributed by atoms with Crippen LogP contribution in [0.1, 0.15) is 167 Å². The number of fused-ring (bicyclic) bond motifs is 40. The van der Waals surface area contributed by atoms with Crippen LogP contribution in [0.3, 0.4) is 0 Å². The molecule has 0 N–H and O–H groups in total. The lowest BCUT2D eigenvalue weighted by Gasteiger charge is -2.39. The van der Waals surface area contributed by atoms with E-state index in [1.165, 1.54) is 268 Å². The predicted molar refractivity (Wildman–Crippen MR) is 553 cm³/mol. The third-order valence-electron chi connectivity index (χ3n) is 31.9. The lowest BCUT2D eigenvalue weighted by Crippen LogP contribution is -2.27. The molecule has 0 radical (unpaired) electrons. The Morgan fingerprint density at radius 1 is 0.157 bits per heavy atom. The molecule has 15 aliphatic rings. The van der Waals surface area contributed by atoms with Crippen molar-refractivity contribution < 1.29 is 0 Å². The van der Waals surface area contributed by atoms with E-state index in [0.717, 1.165) is 137 Å². The fourth-order valence-corrected chi connectivity index (χ4v) is 26.5. The monoisotopic (exact) mass is 1800 g/mol. The Morgan fingerprint density at radius 3 is 0.779 bits per heavy atom. The van der Waals surface area contributed by atoms with Crippen LogP contribution in [0.25, 0.3) is 55.6 Å². The van der Waals surface area contributed by atoms with Crippen molar-refractivity contribution >= 4 is 86.1 Å². The van der Waals surface area contributed by atoms with Crippen LogP contribution < -0.4 is 24.5 Å². The molecule has 0 spiro atoms. The molecule has 0 saturated carbocycles. The summed E-state index contributed by atoms with van der Waals surface area (Å²) < 4.78 is 0. The van der Waals surface area contributed by atoms with Gasteiger partial charge in [-0.2, -0.15) is 0 Å². The minimum Gasteiger partial charge on any atom is -0.294 e. The van der Waals surface area contributed by atoms with Gasteiger partial charge in [0.2, 0.25) is 0 Å². The Hall–Kier alpha value is -17.3. The largest absolute Gasteiger partial charge is 0.294 e. The van der Waals surface area contributed by atoms with E-state index in [2.05, 4.69) is 258 Å². The van der Waals surface area contributed by atoms with Crippen LogP contribution in [0.5, 0.6) is 0 Å². The molecule has 10 aromatic carbocycles. The molecule has 0 amide bonds. The van der Waals surface area contributed by atoms with Crippen molar-refractivity contribution in [2.75, 3.05) is 24.5 Å². The molecule has 0 atom stereocenters. The topological polar surface area (TPSA) is 145 Å². The van der Waals surface area contributed by atoms with Gasteiger partial charge in [0.25, 0.3) is 0 Å². The summed E-state index contributed by atoms with van der Waals surface area (Å²) in [4.78, 5) is 58.5. The highest BCUT2D eigenvalue weighted by atomic mass is 15.3. The summed E-state index contributed by atoms with van der Waals surface area (Å²) in [5.41, 5.74) is 67.1. The second-order valence-corrected chi connectivity index (χ2v) is 39.5. The van der Waals surface area contributed by atoms with E-state index >= 15 is 0 Å². The predicted octanol–water partition coefficient (Wildman–Crippen LogP) is 26.6. The number of hydrogen-bond donors (Lipinski definition) is 0. The van der Waals surface area contributed by atoms with E-state index in [-0.39, 0.29) is 0 Å². The van der Waals surface area contributed by atoms with Crippen LogP contribution in [-0.4, -0.2) is 49.8 Å². The second-order valence-electron chi connectivity index (χ2n) is 39.5. The highest BCUT2D eigenvalue weighted by Gasteiger charge is 2.45. The van der Waals surface area contributed by atoms with Gasteiger partial charge in [-0.05, 0) is 316 Å². The first kappa shape index (κ1) is 77.9.